The lowest BCUT2D eigenvalue weighted by molar-refractivity contribution is -0.218. The third-order valence-corrected chi connectivity index (χ3v) is 9.86. The highest BCUT2D eigenvalue weighted by Crippen LogP contribution is 2.33. The van der Waals surface area contributed by atoms with E-state index < -0.39 is 33.8 Å². The van der Waals surface area contributed by atoms with Crippen LogP contribution in [0.25, 0.3) is 10.8 Å². The van der Waals surface area contributed by atoms with Gasteiger partial charge in [0.1, 0.15) is 24.1 Å². The van der Waals surface area contributed by atoms with Crippen molar-refractivity contribution in [3.8, 4) is 5.75 Å². The Hall–Kier alpha value is -4.60. The van der Waals surface area contributed by atoms with Gasteiger partial charge < -0.3 is 41.3 Å². The highest BCUT2D eigenvalue weighted by Gasteiger charge is 2.58. The van der Waals surface area contributed by atoms with E-state index in [1.807, 2.05) is 18.2 Å². The zero-order valence-electron chi connectivity index (χ0n) is 28.6. The summed E-state index contributed by atoms with van der Waals surface area (Å²) in [6, 6.07) is 11.4. The lowest BCUT2D eigenvalue weighted by Crippen LogP contribution is -2.76. The van der Waals surface area contributed by atoms with Crippen LogP contribution in [-0.4, -0.2) is 121 Å². The molecule has 1 unspecified atom stereocenters. The van der Waals surface area contributed by atoms with Crippen molar-refractivity contribution < 1.29 is 46.3 Å². The quantitative estimate of drug-likeness (QED) is 0.0339. The Kier molecular flexibility index (Phi) is 12.5. The molecule has 0 spiro atoms. The number of nitrogens with one attached hydrogen (secondary N) is 3. The number of hydrogen-bond acceptors (Lipinski definition) is 15. The molecule has 0 aliphatic carbocycles. The van der Waals surface area contributed by atoms with Gasteiger partial charge in [0.25, 0.3) is 18.3 Å². The van der Waals surface area contributed by atoms with Gasteiger partial charge in [-0.1, -0.05) is 17.3 Å². The smallest absolute Gasteiger partial charge is 0.418 e. The van der Waals surface area contributed by atoms with Crippen LogP contribution in [0.4, 0.5) is 10.8 Å². The maximum atomic E-state index is 13.2. The number of carboxylic acid groups (broad SMARTS) is 1. The zero-order valence-corrected chi connectivity index (χ0v) is 30.2. The number of piperidine rings is 1. The normalized spacial score (nSPS) is 19.5. The number of carbonyl (C=O) groups is 3. The topological polar surface area (TPSA) is 247 Å². The molecule has 2 aromatic carbocycles. The summed E-state index contributed by atoms with van der Waals surface area (Å²) in [6.45, 7) is 8.48. The van der Waals surface area contributed by atoms with E-state index in [1.54, 1.807) is 0 Å². The highest BCUT2D eigenvalue weighted by molar-refractivity contribution is 7.80. The van der Waals surface area contributed by atoms with Crippen LogP contribution in [-0.2, 0) is 33.9 Å². The van der Waals surface area contributed by atoms with E-state index >= 15 is 0 Å². The van der Waals surface area contributed by atoms with Crippen LogP contribution in [0, 0.1) is 5.92 Å². The molecule has 3 aliphatic heterocycles. The van der Waals surface area contributed by atoms with Crippen molar-refractivity contribution in [3.05, 3.63) is 47.5 Å². The van der Waals surface area contributed by atoms with Crippen molar-refractivity contribution in [2.75, 3.05) is 57.0 Å². The molecule has 18 nitrogen and oxygen atoms in total. The Morgan fingerprint density at radius 1 is 1.17 bits per heavy atom. The number of benzene rings is 2. The molecule has 3 fully saturated rings. The first-order valence-electron chi connectivity index (χ1n) is 16.4. The minimum absolute atomic E-state index is 0.0164. The van der Waals surface area contributed by atoms with Crippen LogP contribution in [0.3, 0.4) is 0 Å². The molecule has 282 valence electrons. The van der Waals surface area contributed by atoms with Crippen LogP contribution in [0.15, 0.2) is 46.9 Å². The molecule has 2 amide bonds. The van der Waals surface area contributed by atoms with Gasteiger partial charge in [-0.2, -0.15) is 13.5 Å². The number of likely N-dealkylation sites (tertiary alicyclic amines) is 1. The van der Waals surface area contributed by atoms with Crippen molar-refractivity contribution in [3.63, 3.8) is 0 Å². The number of amides is 2. The number of hydrogen-bond donors (Lipinski definition) is 6. The van der Waals surface area contributed by atoms with Gasteiger partial charge in [-0.25, -0.2) is 4.98 Å². The van der Waals surface area contributed by atoms with E-state index in [1.165, 1.54) is 25.8 Å². The fourth-order valence-corrected chi connectivity index (χ4v) is 7.07. The molecule has 7 N–H and O–H groups in total. The Labute approximate surface area is 304 Å². The standard InChI is InChI=1S/C31H40N8O8S2.CH2O2/c1-31(2)27(29(41)39(31)47-49(42,43)44)36-28(40)26(25-18-48-30(32)35-25)37-46-12-11-45-24-6-4-20-13-23(5-3-21(20)14-24)34-22-7-9-38(10-8-22)17-19-15-33-16-19;2-1-3/h3-6,13-14,18-19,22,27,33-34H,7-12,15-17H2,1-2H3,(H2,32,35)(H,36,40)(H,42,43,44);1H,(H,2,3)/b37-26-;. The van der Waals surface area contributed by atoms with Gasteiger partial charge in [0.05, 0.1) is 5.54 Å². The average molecular weight is 763 g/mol. The number of oxime groups is 1. The second-order valence-corrected chi connectivity index (χ2v) is 14.9. The number of β-lactam (4-membered cyclic amide) rings is 1. The molecule has 4 heterocycles. The molecule has 52 heavy (non-hydrogen) atoms. The van der Waals surface area contributed by atoms with Gasteiger partial charge in [0, 0.05) is 49.8 Å². The summed E-state index contributed by atoms with van der Waals surface area (Å²) in [5.74, 6) is -0.267. The molecule has 20 heteroatoms. The molecule has 3 saturated heterocycles. The Morgan fingerprint density at radius 3 is 2.48 bits per heavy atom. The maximum absolute atomic E-state index is 13.2. The van der Waals surface area contributed by atoms with Gasteiger partial charge in [-0.05, 0) is 67.6 Å². The van der Waals surface area contributed by atoms with Crippen LogP contribution in [0.1, 0.15) is 32.4 Å². The maximum Gasteiger partial charge on any atom is 0.418 e. The number of fused-ring (bicyclic) bond motifs is 1. The second-order valence-electron chi connectivity index (χ2n) is 13.0. The first-order valence-corrected chi connectivity index (χ1v) is 18.7. The van der Waals surface area contributed by atoms with E-state index in [0.717, 1.165) is 72.7 Å². The van der Waals surface area contributed by atoms with E-state index in [2.05, 4.69) is 53.5 Å². The summed E-state index contributed by atoms with van der Waals surface area (Å²) in [5, 5.41) is 24.6. The van der Waals surface area contributed by atoms with Crippen LogP contribution >= 0.6 is 11.3 Å². The minimum atomic E-state index is -4.95. The number of anilines is 2. The molecule has 6 rings (SSSR count). The zero-order chi connectivity index (χ0) is 37.5. The SMILES string of the molecule is CC1(C)C(NC(=O)/C(=N\OCCOc2ccc3cc(NC4CCN(CC5CNC5)CC4)ccc3c2)c2csc(N)n2)C(=O)N1OS(=O)(=O)O.O=CO. The number of aromatic nitrogens is 1. The number of ether oxygens (including phenoxy) is 1. The van der Waals surface area contributed by atoms with Crippen LogP contribution in [0.5, 0.6) is 5.75 Å². The number of nitrogens with two attached hydrogens (primary N) is 1. The van der Waals surface area contributed by atoms with Gasteiger partial charge in [0.2, 0.25) is 0 Å². The van der Waals surface area contributed by atoms with E-state index in [-0.39, 0.29) is 36.2 Å². The molecular weight excluding hydrogens is 721 g/mol. The molecule has 0 saturated carbocycles. The van der Waals surface area contributed by atoms with Crippen molar-refractivity contribution in [1.82, 2.24) is 25.6 Å². The first kappa shape index (κ1) is 38.6. The minimum Gasteiger partial charge on any atom is -0.490 e. The summed E-state index contributed by atoms with van der Waals surface area (Å²) in [6.07, 6.45) is 2.26. The average Bonchev–Trinajstić information content (AvgIpc) is 3.51. The predicted molar refractivity (Wildman–Crippen MR) is 192 cm³/mol. The van der Waals surface area contributed by atoms with Crippen molar-refractivity contribution in [1.29, 1.82) is 0 Å². The molecule has 3 aromatic rings. The van der Waals surface area contributed by atoms with Crippen molar-refractivity contribution in [2.24, 2.45) is 11.1 Å². The number of nitrogen functional groups attached to an aromatic ring is 1. The third-order valence-electron chi connectivity index (χ3n) is 8.85. The lowest BCUT2D eigenvalue weighted by atomic mass is 9.84. The van der Waals surface area contributed by atoms with Gasteiger partial charge in [-0.3, -0.25) is 18.9 Å². The molecule has 3 aliphatic rings. The number of rotatable bonds is 14. The van der Waals surface area contributed by atoms with Crippen molar-refractivity contribution in [2.45, 2.75) is 44.3 Å². The van der Waals surface area contributed by atoms with E-state index in [0.29, 0.717) is 16.9 Å². The van der Waals surface area contributed by atoms with Gasteiger partial charge >= 0.3 is 10.4 Å². The number of thiazole rings is 1. The monoisotopic (exact) mass is 762 g/mol. The summed E-state index contributed by atoms with van der Waals surface area (Å²) in [7, 11) is -4.95. The first-order chi connectivity index (χ1) is 24.8. The number of hydroxylamine groups is 2. The molecule has 1 aromatic heterocycles. The van der Waals surface area contributed by atoms with Crippen molar-refractivity contribution >= 4 is 67.3 Å². The lowest BCUT2D eigenvalue weighted by Gasteiger charge is -2.50. The highest BCUT2D eigenvalue weighted by atomic mass is 32.3. The Bertz CT molecular complexity index is 1880. The van der Waals surface area contributed by atoms with E-state index in [4.69, 9.17) is 29.8 Å². The second kappa shape index (κ2) is 16.8. The van der Waals surface area contributed by atoms with Crippen LogP contribution in [0.2, 0.25) is 0 Å². The molecular formula is C32H42N8O10S2. The fraction of sp³-hybridized carbons (Fsp3) is 0.469. The Balaban J connectivity index is 0.00000168. The molecule has 0 radical (unpaired) electrons. The summed E-state index contributed by atoms with van der Waals surface area (Å²) >= 11 is 1.08. The predicted octanol–water partition coefficient (Wildman–Crippen LogP) is 1.31. The number of nitrogens with zero attached hydrogens (tertiary/aromatic N) is 4. The van der Waals surface area contributed by atoms with Gasteiger partial charge in [0.15, 0.2) is 17.5 Å². The largest absolute Gasteiger partial charge is 0.490 e. The third kappa shape index (κ3) is 9.83. The fourth-order valence-electron chi connectivity index (χ4n) is 6.07. The Morgan fingerprint density at radius 2 is 1.87 bits per heavy atom. The van der Waals surface area contributed by atoms with Crippen LogP contribution < -0.4 is 26.4 Å². The van der Waals surface area contributed by atoms with E-state index in [9.17, 15) is 18.0 Å². The number of carbonyl (C=O) groups excluding carboxylic acids is 2. The molecule has 1 atom stereocenters. The van der Waals surface area contributed by atoms with Gasteiger partial charge in [-0.15, -0.1) is 15.6 Å². The summed E-state index contributed by atoms with van der Waals surface area (Å²) in [5.41, 5.74) is 5.40. The molecule has 0 bridgehead atoms. The summed E-state index contributed by atoms with van der Waals surface area (Å²) in [4.78, 5) is 46.1. The summed E-state index contributed by atoms with van der Waals surface area (Å²) < 4.78 is 41.4.